The van der Waals surface area contributed by atoms with Gasteiger partial charge in [-0.25, -0.2) is 4.39 Å². The van der Waals surface area contributed by atoms with Gasteiger partial charge in [0.15, 0.2) is 0 Å². The summed E-state index contributed by atoms with van der Waals surface area (Å²) in [5.74, 6) is 0.641. The molecule has 0 amide bonds. The molecular weight excluding hydrogens is 157 g/mol. The summed E-state index contributed by atoms with van der Waals surface area (Å²) in [6.45, 7) is -0.569. The monoisotopic (exact) mass is 169 g/mol. The summed E-state index contributed by atoms with van der Waals surface area (Å²) in [6.07, 6.45) is 0. The molecule has 1 unspecified atom stereocenters. The fourth-order valence-electron chi connectivity index (χ4n) is 1.06. The summed E-state index contributed by atoms with van der Waals surface area (Å²) in [7, 11) is 1.55. The van der Waals surface area contributed by atoms with Gasteiger partial charge in [0.25, 0.3) is 0 Å². The van der Waals surface area contributed by atoms with Crippen LogP contribution >= 0.6 is 0 Å². The first kappa shape index (κ1) is 9.00. The van der Waals surface area contributed by atoms with Gasteiger partial charge in [-0.05, 0) is 6.07 Å². The summed E-state index contributed by atoms with van der Waals surface area (Å²) in [6, 6.07) is 6.59. The van der Waals surface area contributed by atoms with Crippen molar-refractivity contribution in [3.8, 4) is 5.75 Å². The van der Waals surface area contributed by atoms with Gasteiger partial charge in [0.05, 0.1) is 13.2 Å². The van der Waals surface area contributed by atoms with Crippen molar-refractivity contribution in [3.05, 3.63) is 29.8 Å². The fraction of sp³-hybridized carbons (Fsp3) is 0.333. The predicted molar refractivity (Wildman–Crippen MR) is 45.9 cm³/mol. The number of nitrogens with two attached hydrogens (primary N) is 1. The van der Waals surface area contributed by atoms with Crippen LogP contribution in [0.25, 0.3) is 0 Å². The molecule has 0 bridgehead atoms. The molecule has 1 aromatic carbocycles. The highest BCUT2D eigenvalue weighted by molar-refractivity contribution is 5.35. The highest BCUT2D eigenvalue weighted by atomic mass is 19.1. The van der Waals surface area contributed by atoms with E-state index in [1.165, 1.54) is 0 Å². The maximum Gasteiger partial charge on any atom is 0.123 e. The second-order valence-electron chi connectivity index (χ2n) is 2.50. The lowest BCUT2D eigenvalue weighted by Gasteiger charge is -2.11. The van der Waals surface area contributed by atoms with Crippen molar-refractivity contribution in [1.29, 1.82) is 0 Å². The molecule has 0 fully saturated rings. The number of hydrogen-bond acceptors (Lipinski definition) is 2. The summed E-state index contributed by atoms with van der Waals surface area (Å²) in [5.41, 5.74) is 6.23. The van der Waals surface area contributed by atoms with Gasteiger partial charge < -0.3 is 10.5 Å². The Morgan fingerprint density at radius 1 is 1.50 bits per heavy atom. The smallest absolute Gasteiger partial charge is 0.123 e. The normalized spacial score (nSPS) is 12.6. The van der Waals surface area contributed by atoms with Crippen LogP contribution in [0.2, 0.25) is 0 Å². The Balaban J connectivity index is 2.96. The van der Waals surface area contributed by atoms with Crippen LogP contribution in [0.1, 0.15) is 11.6 Å². The molecule has 0 saturated carbocycles. The number of hydrogen-bond donors (Lipinski definition) is 1. The predicted octanol–water partition coefficient (Wildman–Crippen LogP) is 1.66. The molecule has 0 aliphatic heterocycles. The van der Waals surface area contributed by atoms with Crippen LogP contribution in [0.3, 0.4) is 0 Å². The van der Waals surface area contributed by atoms with Crippen LogP contribution in [-0.2, 0) is 0 Å². The summed E-state index contributed by atoms with van der Waals surface area (Å²) in [4.78, 5) is 0. The van der Waals surface area contributed by atoms with Crippen molar-refractivity contribution in [1.82, 2.24) is 0 Å². The minimum Gasteiger partial charge on any atom is -0.496 e. The number of benzene rings is 1. The van der Waals surface area contributed by atoms with E-state index in [-0.39, 0.29) is 0 Å². The average Bonchev–Trinajstić information content (AvgIpc) is 2.16. The van der Waals surface area contributed by atoms with E-state index in [1.807, 2.05) is 12.1 Å². The van der Waals surface area contributed by atoms with Crippen LogP contribution < -0.4 is 10.5 Å². The molecular formula is C9H12FNO. The highest BCUT2D eigenvalue weighted by Crippen LogP contribution is 2.22. The number of para-hydroxylation sites is 1. The van der Waals surface area contributed by atoms with Crippen molar-refractivity contribution >= 4 is 0 Å². The SMILES string of the molecule is COc1ccccc1C(N)CF. The number of halogens is 1. The molecule has 66 valence electrons. The number of rotatable bonds is 3. The number of alkyl halides is 1. The molecule has 1 aromatic rings. The van der Waals surface area contributed by atoms with Gasteiger partial charge >= 0.3 is 0 Å². The minimum absolute atomic E-state index is 0.569. The van der Waals surface area contributed by atoms with E-state index in [9.17, 15) is 4.39 Å². The highest BCUT2D eigenvalue weighted by Gasteiger charge is 2.09. The second-order valence-corrected chi connectivity index (χ2v) is 2.50. The Kier molecular flexibility index (Phi) is 3.05. The third-order valence-electron chi connectivity index (χ3n) is 1.70. The maximum absolute atomic E-state index is 12.2. The second kappa shape index (κ2) is 4.07. The van der Waals surface area contributed by atoms with E-state index in [0.29, 0.717) is 11.3 Å². The van der Waals surface area contributed by atoms with Crippen LogP contribution in [0.5, 0.6) is 5.75 Å². The molecule has 12 heavy (non-hydrogen) atoms. The summed E-state index contributed by atoms with van der Waals surface area (Å²) < 4.78 is 17.2. The first-order chi connectivity index (χ1) is 5.79. The molecule has 1 rings (SSSR count). The molecule has 2 nitrogen and oxygen atoms in total. The standard InChI is InChI=1S/C9H12FNO/c1-12-9-5-3-2-4-7(9)8(11)6-10/h2-5,8H,6,11H2,1H3. The molecule has 0 saturated heterocycles. The quantitative estimate of drug-likeness (QED) is 0.746. The molecule has 0 aliphatic rings. The van der Waals surface area contributed by atoms with Gasteiger partial charge in [0, 0.05) is 5.56 Å². The van der Waals surface area contributed by atoms with E-state index < -0.39 is 12.7 Å². The summed E-state index contributed by atoms with van der Waals surface area (Å²) in [5, 5.41) is 0. The van der Waals surface area contributed by atoms with Crippen LogP contribution in [0.4, 0.5) is 4.39 Å². The van der Waals surface area contributed by atoms with Gasteiger partial charge in [0.1, 0.15) is 12.4 Å². The van der Waals surface area contributed by atoms with Gasteiger partial charge in [-0.1, -0.05) is 18.2 Å². The molecule has 1 atom stereocenters. The molecule has 3 heteroatoms. The molecule has 0 aromatic heterocycles. The molecule has 0 aliphatic carbocycles. The fourth-order valence-corrected chi connectivity index (χ4v) is 1.06. The Labute approximate surface area is 71.1 Å². The van der Waals surface area contributed by atoms with E-state index in [2.05, 4.69) is 0 Å². The number of methoxy groups -OCH3 is 1. The van der Waals surface area contributed by atoms with Gasteiger partial charge in [-0.15, -0.1) is 0 Å². The van der Waals surface area contributed by atoms with E-state index in [4.69, 9.17) is 10.5 Å². The first-order valence-electron chi connectivity index (χ1n) is 3.74. The van der Waals surface area contributed by atoms with Crippen molar-refractivity contribution < 1.29 is 9.13 Å². The van der Waals surface area contributed by atoms with E-state index >= 15 is 0 Å². The maximum atomic E-state index is 12.2. The summed E-state index contributed by atoms with van der Waals surface area (Å²) >= 11 is 0. The zero-order chi connectivity index (χ0) is 8.97. The van der Waals surface area contributed by atoms with Crippen molar-refractivity contribution in [2.24, 2.45) is 5.73 Å². The third-order valence-corrected chi connectivity index (χ3v) is 1.70. The average molecular weight is 169 g/mol. The van der Waals surface area contributed by atoms with Gasteiger partial charge in [-0.2, -0.15) is 0 Å². The van der Waals surface area contributed by atoms with Crippen LogP contribution in [-0.4, -0.2) is 13.8 Å². The third kappa shape index (κ3) is 1.74. The van der Waals surface area contributed by atoms with Crippen LogP contribution in [0, 0.1) is 0 Å². The Hall–Kier alpha value is -1.09. The molecule has 0 spiro atoms. The zero-order valence-electron chi connectivity index (χ0n) is 6.96. The number of ether oxygens (including phenoxy) is 1. The molecule has 0 heterocycles. The van der Waals surface area contributed by atoms with Crippen molar-refractivity contribution in [3.63, 3.8) is 0 Å². The first-order valence-corrected chi connectivity index (χ1v) is 3.74. The Bertz CT molecular complexity index is 252. The van der Waals surface area contributed by atoms with Crippen molar-refractivity contribution in [2.75, 3.05) is 13.8 Å². The van der Waals surface area contributed by atoms with E-state index in [0.717, 1.165) is 0 Å². The van der Waals surface area contributed by atoms with Crippen LogP contribution in [0.15, 0.2) is 24.3 Å². The topological polar surface area (TPSA) is 35.2 Å². The largest absolute Gasteiger partial charge is 0.496 e. The van der Waals surface area contributed by atoms with E-state index in [1.54, 1.807) is 19.2 Å². The lowest BCUT2D eigenvalue weighted by atomic mass is 10.1. The Morgan fingerprint density at radius 3 is 2.75 bits per heavy atom. The lowest BCUT2D eigenvalue weighted by Crippen LogP contribution is -2.13. The van der Waals surface area contributed by atoms with Gasteiger partial charge in [0.2, 0.25) is 0 Å². The zero-order valence-corrected chi connectivity index (χ0v) is 6.96. The van der Waals surface area contributed by atoms with Crippen molar-refractivity contribution in [2.45, 2.75) is 6.04 Å². The molecule has 2 N–H and O–H groups in total. The molecule has 0 radical (unpaired) electrons. The Morgan fingerprint density at radius 2 is 2.17 bits per heavy atom. The minimum atomic E-state index is -0.582. The lowest BCUT2D eigenvalue weighted by molar-refractivity contribution is 0.389. The van der Waals surface area contributed by atoms with Gasteiger partial charge in [-0.3, -0.25) is 0 Å².